The van der Waals surface area contributed by atoms with E-state index in [1.165, 1.54) is 9.87 Å². The molecule has 1 aromatic heterocycles. The zero-order valence-corrected chi connectivity index (χ0v) is 14.9. The highest BCUT2D eigenvalue weighted by molar-refractivity contribution is 7.92. The smallest absolute Gasteiger partial charge is 0.264 e. The summed E-state index contributed by atoms with van der Waals surface area (Å²) in [5, 5.41) is 7.89. The average Bonchev–Trinajstić information content (AvgIpc) is 2.95. The molecule has 0 saturated carbocycles. The van der Waals surface area contributed by atoms with Crippen LogP contribution >= 0.6 is 0 Å². The third-order valence-corrected chi connectivity index (χ3v) is 5.95. The largest absolute Gasteiger partial charge is 0.269 e. The molecule has 0 spiro atoms. The maximum absolute atomic E-state index is 12.9. The van der Waals surface area contributed by atoms with E-state index in [4.69, 9.17) is 0 Å². The van der Waals surface area contributed by atoms with Crippen LogP contribution in [0.1, 0.15) is 25.3 Å². The summed E-state index contributed by atoms with van der Waals surface area (Å²) in [5.41, 5.74) is 3.14. The molecule has 7 heteroatoms. The number of nitrogens with zero attached hydrogens (tertiary/aromatic N) is 4. The second kappa shape index (κ2) is 5.90. The molecule has 0 aliphatic rings. The highest BCUT2D eigenvalue weighted by Gasteiger charge is 2.22. The van der Waals surface area contributed by atoms with Gasteiger partial charge in [-0.05, 0) is 41.8 Å². The van der Waals surface area contributed by atoms with E-state index >= 15 is 0 Å². The van der Waals surface area contributed by atoms with E-state index in [0.717, 1.165) is 5.52 Å². The van der Waals surface area contributed by atoms with Crippen molar-refractivity contribution in [1.29, 1.82) is 0 Å². The molecule has 0 saturated heterocycles. The van der Waals surface area contributed by atoms with Crippen molar-refractivity contribution in [1.82, 2.24) is 15.0 Å². The minimum Gasteiger partial charge on any atom is -0.269 e. The highest BCUT2D eigenvalue weighted by Crippen LogP contribution is 2.25. The van der Waals surface area contributed by atoms with Crippen LogP contribution < -0.4 is 4.31 Å². The van der Waals surface area contributed by atoms with Gasteiger partial charge in [0.2, 0.25) is 0 Å². The van der Waals surface area contributed by atoms with Crippen LogP contribution in [0, 0.1) is 0 Å². The van der Waals surface area contributed by atoms with Gasteiger partial charge in [-0.15, -0.1) is 5.10 Å². The predicted molar refractivity (Wildman–Crippen MR) is 94.6 cm³/mol. The molecule has 3 rings (SSSR count). The van der Waals surface area contributed by atoms with Crippen LogP contribution in [0.5, 0.6) is 0 Å². The van der Waals surface area contributed by atoms with Crippen molar-refractivity contribution in [2.75, 3.05) is 11.4 Å². The molecule has 0 aliphatic carbocycles. The van der Waals surface area contributed by atoms with Crippen molar-refractivity contribution < 1.29 is 8.42 Å². The van der Waals surface area contributed by atoms with Crippen LogP contribution in [0.2, 0.25) is 0 Å². The zero-order valence-electron chi connectivity index (χ0n) is 14.1. The summed E-state index contributed by atoms with van der Waals surface area (Å²) in [6.07, 6.45) is 0. The fraction of sp³-hybridized carbons (Fsp3) is 0.294. The van der Waals surface area contributed by atoms with Crippen molar-refractivity contribution in [3.8, 4) is 0 Å². The first-order valence-corrected chi connectivity index (χ1v) is 9.13. The van der Waals surface area contributed by atoms with Crippen LogP contribution in [0.25, 0.3) is 11.0 Å². The molecule has 126 valence electrons. The molecule has 24 heavy (non-hydrogen) atoms. The Hall–Kier alpha value is -2.41. The van der Waals surface area contributed by atoms with Gasteiger partial charge in [0.15, 0.2) is 0 Å². The van der Waals surface area contributed by atoms with Gasteiger partial charge in [0, 0.05) is 14.1 Å². The van der Waals surface area contributed by atoms with Crippen molar-refractivity contribution in [2.24, 2.45) is 7.05 Å². The fourth-order valence-electron chi connectivity index (χ4n) is 2.55. The molecule has 0 unspecified atom stereocenters. The van der Waals surface area contributed by atoms with Gasteiger partial charge in [-0.2, -0.15) is 0 Å². The van der Waals surface area contributed by atoms with Crippen LogP contribution in [-0.4, -0.2) is 30.5 Å². The Labute approximate surface area is 141 Å². The second-order valence-electron chi connectivity index (χ2n) is 6.08. The first-order chi connectivity index (χ1) is 11.3. The fourth-order valence-corrected chi connectivity index (χ4v) is 3.76. The summed E-state index contributed by atoms with van der Waals surface area (Å²) in [6, 6.07) is 12.4. The molecule has 0 N–H and O–H groups in total. The van der Waals surface area contributed by atoms with E-state index in [-0.39, 0.29) is 4.90 Å². The summed E-state index contributed by atoms with van der Waals surface area (Å²) in [5.74, 6) is 0.403. The Morgan fingerprint density at radius 3 is 2.38 bits per heavy atom. The molecule has 0 fully saturated rings. The van der Waals surface area contributed by atoms with Gasteiger partial charge in [0.1, 0.15) is 5.52 Å². The Morgan fingerprint density at radius 1 is 1.08 bits per heavy atom. The molecular weight excluding hydrogens is 324 g/mol. The summed E-state index contributed by atoms with van der Waals surface area (Å²) in [4.78, 5) is 0.200. The SMILES string of the molecule is CC(C)c1ccc(N(C)S(=O)(=O)c2ccc3c(c2)nnn3C)cc1. The van der Waals surface area contributed by atoms with Gasteiger partial charge >= 0.3 is 0 Å². The Morgan fingerprint density at radius 2 is 1.75 bits per heavy atom. The number of fused-ring (bicyclic) bond motifs is 1. The van der Waals surface area contributed by atoms with E-state index in [2.05, 4.69) is 24.2 Å². The summed E-state index contributed by atoms with van der Waals surface area (Å²) in [7, 11) is -0.325. The molecule has 1 heterocycles. The van der Waals surface area contributed by atoms with Crippen molar-refractivity contribution in [3.63, 3.8) is 0 Å². The van der Waals surface area contributed by atoms with Gasteiger partial charge < -0.3 is 0 Å². The van der Waals surface area contributed by atoms with E-state index in [1.807, 2.05) is 24.3 Å². The molecule has 0 bridgehead atoms. The zero-order chi connectivity index (χ0) is 17.5. The van der Waals surface area contributed by atoms with Gasteiger partial charge in [0.25, 0.3) is 10.0 Å². The molecule has 3 aromatic rings. The first-order valence-electron chi connectivity index (χ1n) is 7.69. The lowest BCUT2D eigenvalue weighted by molar-refractivity contribution is 0.594. The standard InChI is InChI=1S/C17H20N4O2S/c1-12(2)13-5-7-14(8-6-13)21(4)24(22,23)15-9-10-17-16(11-15)18-19-20(17)3/h5-12H,1-4H3. The molecule has 2 aromatic carbocycles. The van der Waals surface area contributed by atoms with Crippen LogP contribution in [0.4, 0.5) is 5.69 Å². The van der Waals surface area contributed by atoms with Gasteiger partial charge in [0.05, 0.1) is 16.1 Å². The number of rotatable bonds is 4. The molecule has 0 aliphatic heterocycles. The summed E-state index contributed by atoms with van der Waals surface area (Å²) < 4.78 is 28.6. The maximum Gasteiger partial charge on any atom is 0.264 e. The van der Waals surface area contributed by atoms with Crippen molar-refractivity contribution in [2.45, 2.75) is 24.7 Å². The van der Waals surface area contributed by atoms with Gasteiger partial charge in [-0.3, -0.25) is 4.31 Å². The molecule has 0 amide bonds. The highest BCUT2D eigenvalue weighted by atomic mass is 32.2. The number of hydrogen-bond acceptors (Lipinski definition) is 4. The average molecular weight is 344 g/mol. The van der Waals surface area contributed by atoms with Crippen LogP contribution in [0.3, 0.4) is 0 Å². The van der Waals surface area contributed by atoms with E-state index in [1.54, 1.807) is 37.0 Å². The lowest BCUT2D eigenvalue weighted by atomic mass is 10.0. The number of anilines is 1. The number of aryl methyl sites for hydroxylation is 1. The monoisotopic (exact) mass is 344 g/mol. The lowest BCUT2D eigenvalue weighted by Crippen LogP contribution is -2.26. The number of aromatic nitrogens is 3. The van der Waals surface area contributed by atoms with Gasteiger partial charge in [-0.1, -0.05) is 31.2 Å². The van der Waals surface area contributed by atoms with Crippen molar-refractivity contribution in [3.05, 3.63) is 48.0 Å². The third kappa shape index (κ3) is 2.75. The topological polar surface area (TPSA) is 68.1 Å². The van der Waals surface area contributed by atoms with E-state index < -0.39 is 10.0 Å². The van der Waals surface area contributed by atoms with Gasteiger partial charge in [-0.25, -0.2) is 13.1 Å². The second-order valence-corrected chi connectivity index (χ2v) is 8.05. The van der Waals surface area contributed by atoms with Crippen LogP contribution in [0.15, 0.2) is 47.4 Å². The Balaban J connectivity index is 1.98. The maximum atomic E-state index is 12.9. The summed E-state index contributed by atoms with van der Waals surface area (Å²) >= 11 is 0. The van der Waals surface area contributed by atoms with Crippen LogP contribution in [-0.2, 0) is 17.1 Å². The normalized spacial score (nSPS) is 12.0. The predicted octanol–water partition coefficient (Wildman–Crippen LogP) is 2.92. The minimum absolute atomic E-state index is 0.200. The lowest BCUT2D eigenvalue weighted by Gasteiger charge is -2.20. The first kappa shape index (κ1) is 16.4. The van der Waals surface area contributed by atoms with E-state index in [0.29, 0.717) is 17.1 Å². The quantitative estimate of drug-likeness (QED) is 0.730. The van der Waals surface area contributed by atoms with E-state index in [9.17, 15) is 8.42 Å². The number of sulfonamides is 1. The molecule has 0 radical (unpaired) electrons. The summed E-state index contributed by atoms with van der Waals surface area (Å²) in [6.45, 7) is 4.21. The number of benzene rings is 2. The van der Waals surface area contributed by atoms with Crippen molar-refractivity contribution >= 4 is 26.7 Å². The molecule has 6 nitrogen and oxygen atoms in total. The minimum atomic E-state index is -3.65. The Kier molecular flexibility index (Phi) is 4.04. The molecule has 0 atom stereocenters. The Bertz CT molecular complexity index is 975. The third-order valence-electron chi connectivity index (χ3n) is 4.16. The number of hydrogen-bond donors (Lipinski definition) is 0. The molecular formula is C17H20N4O2S.